The van der Waals surface area contributed by atoms with Gasteiger partial charge in [0.1, 0.15) is 18.4 Å². The second-order valence-corrected chi connectivity index (χ2v) is 8.37. The van der Waals surface area contributed by atoms with E-state index in [0.29, 0.717) is 0 Å². The third-order valence-corrected chi connectivity index (χ3v) is 5.37. The molecule has 0 aromatic carbocycles. The first kappa shape index (κ1) is 20.7. The lowest BCUT2D eigenvalue weighted by molar-refractivity contribution is -0.149. The Morgan fingerprint density at radius 3 is 2.48 bits per heavy atom. The van der Waals surface area contributed by atoms with Crippen molar-refractivity contribution < 1.29 is 31.6 Å². The molecule has 9 nitrogen and oxygen atoms in total. The Morgan fingerprint density at radius 1 is 1.22 bits per heavy atom. The van der Waals surface area contributed by atoms with Gasteiger partial charge in [0.15, 0.2) is 5.76 Å². The molecule has 0 aliphatic heterocycles. The second kappa shape index (κ2) is 8.40. The predicted molar refractivity (Wildman–Crippen MR) is 94.2 cm³/mol. The molecule has 1 atom stereocenters. The van der Waals surface area contributed by atoms with Gasteiger partial charge in [-0.2, -0.15) is 0 Å². The van der Waals surface area contributed by atoms with Gasteiger partial charge in [0.2, 0.25) is 5.09 Å². The summed E-state index contributed by atoms with van der Waals surface area (Å²) in [5, 5.41) is 2.31. The Kier molecular flexibility index (Phi) is 6.45. The molecule has 0 aliphatic rings. The summed E-state index contributed by atoms with van der Waals surface area (Å²) in [6.07, 6.45) is 1.36. The zero-order valence-electron chi connectivity index (χ0n) is 15.5. The average molecular weight is 398 g/mol. The fourth-order valence-electron chi connectivity index (χ4n) is 2.10. The van der Waals surface area contributed by atoms with Crippen molar-refractivity contribution in [2.24, 2.45) is 5.92 Å². The van der Waals surface area contributed by atoms with Crippen LogP contribution in [0.2, 0.25) is 0 Å². The van der Waals surface area contributed by atoms with Crippen molar-refractivity contribution in [3.8, 4) is 0 Å². The predicted octanol–water partition coefficient (Wildman–Crippen LogP) is 1.62. The smallest absolute Gasteiger partial charge is 0.329 e. The average Bonchev–Trinajstić information content (AvgIpc) is 3.28. The summed E-state index contributed by atoms with van der Waals surface area (Å²) < 4.78 is 40.4. The summed E-state index contributed by atoms with van der Waals surface area (Å²) in [5.74, 6) is -1.19. The van der Waals surface area contributed by atoms with Crippen LogP contribution in [-0.4, -0.2) is 44.7 Å². The monoisotopic (exact) mass is 398 g/mol. The lowest BCUT2D eigenvalue weighted by atomic mass is 10.0. The Morgan fingerprint density at radius 2 is 1.93 bits per heavy atom. The van der Waals surface area contributed by atoms with Gasteiger partial charge in [-0.1, -0.05) is 13.8 Å². The highest BCUT2D eigenvalue weighted by Crippen LogP contribution is 2.18. The van der Waals surface area contributed by atoms with E-state index in [1.807, 2.05) is 0 Å². The quantitative estimate of drug-likeness (QED) is 0.671. The van der Waals surface area contributed by atoms with Gasteiger partial charge in [-0.15, -0.1) is 0 Å². The van der Waals surface area contributed by atoms with Crippen LogP contribution in [0.3, 0.4) is 0 Å². The number of ether oxygens (including phenoxy) is 1. The van der Waals surface area contributed by atoms with Crippen LogP contribution in [0.4, 0.5) is 0 Å². The molecule has 0 radical (unpaired) electrons. The number of carbonyl (C=O) groups is 2. The molecule has 0 fully saturated rings. The molecule has 2 rings (SSSR count). The molecule has 2 heterocycles. The minimum absolute atomic E-state index is 0.0815. The fraction of sp³-hybridized carbons (Fsp3) is 0.412. The Balaban J connectivity index is 2.00. The normalized spacial score (nSPS) is 13.0. The van der Waals surface area contributed by atoms with Crippen LogP contribution in [0, 0.1) is 5.92 Å². The molecule has 0 bridgehead atoms. The van der Waals surface area contributed by atoms with E-state index in [2.05, 4.69) is 5.32 Å². The van der Waals surface area contributed by atoms with Crippen LogP contribution in [0.15, 0.2) is 44.5 Å². The van der Waals surface area contributed by atoms with E-state index < -0.39 is 27.9 Å². The maximum absolute atomic E-state index is 12.3. The minimum atomic E-state index is -3.71. The van der Waals surface area contributed by atoms with E-state index in [-0.39, 0.29) is 29.1 Å². The van der Waals surface area contributed by atoms with Gasteiger partial charge in [0.25, 0.3) is 15.9 Å². The van der Waals surface area contributed by atoms with E-state index in [1.54, 1.807) is 19.9 Å². The van der Waals surface area contributed by atoms with Crippen molar-refractivity contribution in [3.05, 3.63) is 42.0 Å². The molecule has 0 saturated heterocycles. The number of hydrogen-bond donors (Lipinski definition) is 1. The van der Waals surface area contributed by atoms with Crippen LogP contribution in [0.5, 0.6) is 0 Å². The van der Waals surface area contributed by atoms with E-state index in [9.17, 15) is 18.0 Å². The molecular formula is C17H22N2O7S. The summed E-state index contributed by atoms with van der Waals surface area (Å²) >= 11 is 0. The van der Waals surface area contributed by atoms with Crippen molar-refractivity contribution in [3.63, 3.8) is 0 Å². The molecule has 10 heteroatoms. The van der Waals surface area contributed by atoms with E-state index in [1.165, 1.54) is 38.6 Å². The maximum Gasteiger partial charge on any atom is 0.329 e. The third kappa shape index (κ3) is 4.98. The highest BCUT2D eigenvalue weighted by atomic mass is 32.2. The van der Waals surface area contributed by atoms with E-state index in [4.69, 9.17) is 13.6 Å². The SMILES string of the molecule is CC(C)[C@H](NC(=O)c1ccco1)C(=O)OCc1ccc(S(=O)(=O)N(C)C)o1. The number of hydrogen-bond acceptors (Lipinski definition) is 7. The molecular weight excluding hydrogens is 376 g/mol. The van der Waals surface area contributed by atoms with Crippen molar-refractivity contribution >= 4 is 21.9 Å². The maximum atomic E-state index is 12.3. The summed E-state index contributed by atoms with van der Waals surface area (Å²) in [6.45, 7) is 3.24. The standard InChI is InChI=1S/C17H22N2O7S/c1-11(2)15(18-16(20)13-6-5-9-24-13)17(21)25-10-12-7-8-14(26-12)27(22,23)19(3)4/h5-9,11,15H,10H2,1-4H3,(H,18,20)/t15-/m0/s1. The van der Waals surface area contributed by atoms with Crippen LogP contribution in [0.25, 0.3) is 0 Å². The molecule has 1 N–H and O–H groups in total. The third-order valence-electron chi connectivity index (χ3n) is 3.68. The highest BCUT2D eigenvalue weighted by molar-refractivity contribution is 7.88. The largest absolute Gasteiger partial charge is 0.459 e. The lowest BCUT2D eigenvalue weighted by Gasteiger charge is -2.20. The Hall–Kier alpha value is -2.59. The number of furan rings is 2. The Bertz CT molecular complexity index is 882. The first-order valence-corrected chi connectivity index (χ1v) is 9.59. The molecule has 148 valence electrons. The van der Waals surface area contributed by atoms with Gasteiger partial charge < -0.3 is 18.9 Å². The fourth-order valence-corrected chi connectivity index (χ4v) is 2.92. The molecule has 2 aromatic rings. The van der Waals surface area contributed by atoms with Crippen LogP contribution < -0.4 is 5.32 Å². The minimum Gasteiger partial charge on any atom is -0.459 e. The first-order valence-electron chi connectivity index (χ1n) is 8.15. The molecule has 27 heavy (non-hydrogen) atoms. The van der Waals surface area contributed by atoms with Crippen molar-refractivity contribution in [1.29, 1.82) is 0 Å². The summed E-state index contributed by atoms with van der Waals surface area (Å²) in [4.78, 5) is 24.4. The summed E-state index contributed by atoms with van der Waals surface area (Å²) in [5.41, 5.74) is 0. The molecule has 0 unspecified atom stereocenters. The zero-order chi connectivity index (χ0) is 20.2. The summed E-state index contributed by atoms with van der Waals surface area (Å²) in [7, 11) is -0.944. The van der Waals surface area contributed by atoms with E-state index >= 15 is 0 Å². The summed E-state index contributed by atoms with van der Waals surface area (Å²) in [6, 6.07) is 4.84. The number of nitrogens with zero attached hydrogens (tertiary/aromatic N) is 1. The van der Waals surface area contributed by atoms with Gasteiger partial charge in [-0.05, 0) is 30.2 Å². The van der Waals surface area contributed by atoms with Gasteiger partial charge in [0.05, 0.1) is 6.26 Å². The van der Waals surface area contributed by atoms with Crippen LogP contribution >= 0.6 is 0 Å². The van der Waals surface area contributed by atoms with Crippen molar-refractivity contribution in [2.45, 2.75) is 31.6 Å². The van der Waals surface area contributed by atoms with Crippen LogP contribution in [0.1, 0.15) is 30.2 Å². The lowest BCUT2D eigenvalue weighted by Crippen LogP contribution is -2.45. The van der Waals surface area contributed by atoms with E-state index in [0.717, 1.165) is 4.31 Å². The van der Waals surface area contributed by atoms with Gasteiger partial charge >= 0.3 is 5.97 Å². The molecule has 0 saturated carbocycles. The number of rotatable bonds is 8. The van der Waals surface area contributed by atoms with Crippen molar-refractivity contribution in [2.75, 3.05) is 14.1 Å². The topological polar surface area (TPSA) is 119 Å². The van der Waals surface area contributed by atoms with Gasteiger partial charge in [-0.25, -0.2) is 17.5 Å². The molecule has 2 aromatic heterocycles. The zero-order valence-corrected chi connectivity index (χ0v) is 16.3. The highest BCUT2D eigenvalue weighted by Gasteiger charge is 2.28. The number of esters is 1. The number of nitrogens with one attached hydrogen (secondary N) is 1. The second-order valence-electron chi connectivity index (χ2n) is 6.29. The Labute approximate surface area is 157 Å². The van der Waals surface area contributed by atoms with Gasteiger partial charge in [-0.3, -0.25) is 4.79 Å². The number of carbonyl (C=O) groups excluding carboxylic acids is 2. The molecule has 0 spiro atoms. The first-order chi connectivity index (χ1) is 12.6. The molecule has 0 aliphatic carbocycles. The number of amides is 1. The molecule has 1 amide bonds. The van der Waals surface area contributed by atoms with Crippen LogP contribution in [-0.2, 0) is 26.2 Å². The van der Waals surface area contributed by atoms with Gasteiger partial charge in [0, 0.05) is 14.1 Å². The number of sulfonamides is 1. The van der Waals surface area contributed by atoms with Crippen molar-refractivity contribution in [1.82, 2.24) is 9.62 Å².